The Morgan fingerprint density at radius 3 is 3.09 bits per heavy atom. The number of amides is 1. The maximum absolute atomic E-state index is 11.4. The minimum absolute atomic E-state index is 0.0932. The topological polar surface area (TPSA) is 80.0 Å². The van der Waals surface area contributed by atoms with E-state index in [9.17, 15) is 4.79 Å². The minimum atomic E-state index is 0.0932. The highest BCUT2D eigenvalue weighted by molar-refractivity contribution is 5.93. The van der Waals surface area contributed by atoms with Gasteiger partial charge in [-0.3, -0.25) is 4.79 Å². The van der Waals surface area contributed by atoms with Crippen molar-refractivity contribution in [2.24, 2.45) is 0 Å². The third kappa shape index (κ3) is 3.76. The zero-order valence-corrected chi connectivity index (χ0v) is 13.6. The van der Waals surface area contributed by atoms with Crippen molar-refractivity contribution in [3.8, 4) is 0 Å². The second-order valence-electron chi connectivity index (χ2n) is 5.92. The number of hydrogen-bond acceptors (Lipinski definition) is 5. The normalized spacial score (nSPS) is 15.1. The number of aromatic nitrogens is 2. The molecule has 1 aromatic carbocycles. The van der Waals surface area contributed by atoms with E-state index in [-0.39, 0.29) is 11.9 Å². The Morgan fingerprint density at radius 2 is 2.26 bits per heavy atom. The van der Waals surface area contributed by atoms with Gasteiger partial charge in [-0.2, -0.15) is 4.98 Å². The summed E-state index contributed by atoms with van der Waals surface area (Å²) < 4.78 is 5.23. The van der Waals surface area contributed by atoms with Crippen LogP contribution in [0.1, 0.15) is 55.6 Å². The number of benzene rings is 1. The van der Waals surface area contributed by atoms with Gasteiger partial charge in [0.05, 0.1) is 6.54 Å². The zero-order chi connectivity index (χ0) is 16.2. The van der Waals surface area contributed by atoms with Crippen LogP contribution in [0.3, 0.4) is 0 Å². The highest BCUT2D eigenvalue weighted by atomic mass is 16.5. The van der Waals surface area contributed by atoms with Crippen LogP contribution in [-0.2, 0) is 24.2 Å². The molecule has 0 saturated heterocycles. The molecule has 0 saturated carbocycles. The lowest BCUT2D eigenvalue weighted by Crippen LogP contribution is -2.21. The summed E-state index contributed by atoms with van der Waals surface area (Å²) in [5.41, 5.74) is 3.31. The Hall–Kier alpha value is -2.21. The van der Waals surface area contributed by atoms with Crippen molar-refractivity contribution in [1.29, 1.82) is 0 Å². The molecule has 2 aromatic rings. The van der Waals surface area contributed by atoms with Crippen LogP contribution < -0.4 is 10.6 Å². The molecule has 2 heterocycles. The largest absolute Gasteiger partial charge is 0.338 e. The summed E-state index contributed by atoms with van der Waals surface area (Å²) in [6, 6.07) is 6.34. The lowest BCUT2D eigenvalue weighted by atomic mass is 9.98. The highest BCUT2D eigenvalue weighted by Gasteiger charge is 2.16. The summed E-state index contributed by atoms with van der Waals surface area (Å²) in [6.07, 6.45) is 3.20. The maximum atomic E-state index is 11.4. The van der Waals surface area contributed by atoms with Crippen LogP contribution in [0.2, 0.25) is 0 Å². The van der Waals surface area contributed by atoms with Crippen molar-refractivity contribution in [1.82, 2.24) is 15.5 Å². The lowest BCUT2D eigenvalue weighted by molar-refractivity contribution is -0.116. The van der Waals surface area contributed by atoms with Crippen LogP contribution in [0.4, 0.5) is 5.69 Å². The van der Waals surface area contributed by atoms with Gasteiger partial charge < -0.3 is 15.2 Å². The fourth-order valence-corrected chi connectivity index (χ4v) is 2.72. The van der Waals surface area contributed by atoms with Crippen LogP contribution in [0.25, 0.3) is 0 Å². The van der Waals surface area contributed by atoms with E-state index >= 15 is 0 Å². The van der Waals surface area contributed by atoms with E-state index in [1.165, 1.54) is 11.1 Å². The molecule has 0 bridgehead atoms. The third-order valence-corrected chi connectivity index (χ3v) is 4.07. The fourth-order valence-electron chi connectivity index (χ4n) is 2.72. The molecule has 1 atom stereocenters. The van der Waals surface area contributed by atoms with Gasteiger partial charge in [-0.1, -0.05) is 24.2 Å². The van der Waals surface area contributed by atoms with E-state index in [0.29, 0.717) is 18.9 Å². The first kappa shape index (κ1) is 15.7. The highest BCUT2D eigenvalue weighted by Crippen LogP contribution is 2.26. The van der Waals surface area contributed by atoms with E-state index in [4.69, 9.17) is 4.52 Å². The van der Waals surface area contributed by atoms with Crippen LogP contribution >= 0.6 is 0 Å². The number of carbonyl (C=O) groups excluding carboxylic acids is 1. The molecule has 6 nitrogen and oxygen atoms in total. The Balaban J connectivity index is 1.61. The Bertz CT molecular complexity index is 696. The number of aryl methyl sites for hydroxylation is 2. The van der Waals surface area contributed by atoms with Crippen molar-refractivity contribution < 1.29 is 9.32 Å². The quantitative estimate of drug-likeness (QED) is 0.857. The molecule has 2 N–H and O–H groups in total. The molecule has 1 aliphatic heterocycles. The van der Waals surface area contributed by atoms with Crippen LogP contribution in [0.15, 0.2) is 22.7 Å². The average Bonchev–Trinajstić information content (AvgIpc) is 3.00. The van der Waals surface area contributed by atoms with Gasteiger partial charge in [0.15, 0.2) is 5.82 Å². The monoisotopic (exact) mass is 314 g/mol. The molecule has 0 spiro atoms. The summed E-state index contributed by atoms with van der Waals surface area (Å²) in [5.74, 6) is 1.47. The zero-order valence-electron chi connectivity index (χ0n) is 13.6. The van der Waals surface area contributed by atoms with Gasteiger partial charge in [0.2, 0.25) is 11.8 Å². The van der Waals surface area contributed by atoms with Crippen molar-refractivity contribution in [3.05, 3.63) is 41.0 Å². The summed E-state index contributed by atoms with van der Waals surface area (Å²) in [4.78, 5) is 15.8. The predicted octanol–water partition coefficient (Wildman–Crippen LogP) is 2.76. The molecule has 1 aromatic heterocycles. The molecule has 3 rings (SSSR count). The molecule has 1 amide bonds. The first-order valence-corrected chi connectivity index (χ1v) is 8.13. The van der Waals surface area contributed by atoms with Crippen LogP contribution in [-0.4, -0.2) is 16.0 Å². The Labute approximate surface area is 135 Å². The average molecular weight is 314 g/mol. The summed E-state index contributed by atoms with van der Waals surface area (Å²) in [6.45, 7) is 4.74. The van der Waals surface area contributed by atoms with E-state index in [1.807, 2.05) is 12.1 Å². The van der Waals surface area contributed by atoms with Crippen LogP contribution in [0.5, 0.6) is 0 Å². The minimum Gasteiger partial charge on any atom is -0.338 e. The fraction of sp³-hybridized carbons (Fsp3) is 0.471. The maximum Gasteiger partial charge on any atom is 0.240 e. The van der Waals surface area contributed by atoms with Gasteiger partial charge in [0, 0.05) is 24.6 Å². The van der Waals surface area contributed by atoms with Gasteiger partial charge in [0.25, 0.3) is 0 Å². The molecular formula is C17H22N4O2. The number of hydrogen-bond donors (Lipinski definition) is 2. The number of nitrogens with one attached hydrogen (secondary N) is 2. The second kappa shape index (κ2) is 6.91. The first-order chi connectivity index (χ1) is 11.2. The van der Waals surface area contributed by atoms with E-state index in [0.717, 1.165) is 30.8 Å². The second-order valence-corrected chi connectivity index (χ2v) is 5.92. The standard InChI is InChI=1S/C17H22N4O2/c1-3-4-15-20-17(23-21-15)10-18-11(2)12-5-7-14-13(9-12)6-8-16(22)19-14/h5,7,9,11,18H,3-4,6,8,10H2,1-2H3,(H,19,22)/t11-/m1/s1. The van der Waals surface area contributed by atoms with E-state index < -0.39 is 0 Å². The molecule has 0 unspecified atom stereocenters. The number of carbonyl (C=O) groups is 1. The van der Waals surface area contributed by atoms with E-state index in [2.05, 4.69) is 40.7 Å². The predicted molar refractivity (Wildman–Crippen MR) is 86.9 cm³/mol. The van der Waals surface area contributed by atoms with Crippen molar-refractivity contribution in [2.45, 2.75) is 52.1 Å². The molecule has 122 valence electrons. The number of rotatable bonds is 6. The van der Waals surface area contributed by atoms with Gasteiger partial charge >= 0.3 is 0 Å². The summed E-state index contributed by atoms with van der Waals surface area (Å²) >= 11 is 0. The van der Waals surface area contributed by atoms with Gasteiger partial charge in [0.1, 0.15) is 0 Å². The van der Waals surface area contributed by atoms with Gasteiger partial charge in [-0.15, -0.1) is 0 Å². The summed E-state index contributed by atoms with van der Waals surface area (Å²) in [5, 5.41) is 10.3. The van der Waals surface area contributed by atoms with Crippen LogP contribution in [0, 0.1) is 0 Å². The Morgan fingerprint density at radius 1 is 1.39 bits per heavy atom. The first-order valence-electron chi connectivity index (χ1n) is 8.13. The van der Waals surface area contributed by atoms with Gasteiger partial charge in [-0.25, -0.2) is 0 Å². The van der Waals surface area contributed by atoms with Crippen molar-refractivity contribution in [2.75, 3.05) is 5.32 Å². The molecule has 0 radical (unpaired) electrons. The molecule has 6 heteroatoms. The SMILES string of the molecule is CCCc1noc(CN[C@H](C)c2ccc3c(c2)CCC(=O)N3)n1. The third-order valence-electron chi connectivity index (χ3n) is 4.07. The molecule has 0 aliphatic carbocycles. The van der Waals surface area contributed by atoms with Crippen molar-refractivity contribution >= 4 is 11.6 Å². The molecule has 23 heavy (non-hydrogen) atoms. The van der Waals surface area contributed by atoms with Crippen molar-refractivity contribution in [3.63, 3.8) is 0 Å². The van der Waals surface area contributed by atoms with Gasteiger partial charge in [-0.05, 0) is 37.0 Å². The lowest BCUT2D eigenvalue weighted by Gasteiger charge is -2.20. The number of nitrogens with zero attached hydrogens (tertiary/aromatic N) is 2. The Kier molecular flexibility index (Phi) is 4.71. The number of fused-ring (bicyclic) bond motifs is 1. The molecule has 0 fully saturated rings. The molecular weight excluding hydrogens is 292 g/mol. The smallest absolute Gasteiger partial charge is 0.240 e. The summed E-state index contributed by atoms with van der Waals surface area (Å²) in [7, 11) is 0. The van der Waals surface area contributed by atoms with E-state index in [1.54, 1.807) is 0 Å². The molecule has 1 aliphatic rings. The number of anilines is 1.